The largest absolute Gasteiger partial charge is 0.493 e. The van der Waals surface area contributed by atoms with Crippen LogP contribution in [0.1, 0.15) is 25.0 Å². The standard InChI is InChI=1S/C27H23N3O6/c1-17(2)15-34-22-10-4-19(5-11-22)26-28-23(13-18-3-12-24-25(14-18)36-16-35-24)27(31)29(26)20-6-8-21(9-7-20)30(32)33/h3-14,17H,15-16H2,1-2H3/b23-13+. The van der Waals surface area contributed by atoms with Crippen molar-refractivity contribution in [3.05, 3.63) is 93.7 Å². The molecule has 3 aromatic rings. The molecule has 2 aliphatic rings. The fourth-order valence-electron chi connectivity index (χ4n) is 3.80. The van der Waals surface area contributed by atoms with Gasteiger partial charge >= 0.3 is 0 Å². The number of anilines is 1. The summed E-state index contributed by atoms with van der Waals surface area (Å²) in [5.74, 6) is 2.42. The highest BCUT2D eigenvalue weighted by molar-refractivity contribution is 6.33. The lowest BCUT2D eigenvalue weighted by Gasteiger charge is -2.18. The van der Waals surface area contributed by atoms with E-state index in [0.29, 0.717) is 41.1 Å². The molecule has 0 saturated heterocycles. The first-order valence-corrected chi connectivity index (χ1v) is 11.4. The number of fused-ring (bicyclic) bond motifs is 1. The molecule has 182 valence electrons. The first-order valence-electron chi connectivity index (χ1n) is 11.4. The van der Waals surface area contributed by atoms with E-state index in [-0.39, 0.29) is 24.1 Å². The zero-order chi connectivity index (χ0) is 25.2. The Hall–Kier alpha value is -4.66. The highest BCUT2D eigenvalue weighted by Crippen LogP contribution is 2.34. The molecule has 2 heterocycles. The monoisotopic (exact) mass is 485 g/mol. The van der Waals surface area contributed by atoms with Gasteiger partial charge in [0.1, 0.15) is 17.3 Å². The molecule has 2 aliphatic heterocycles. The van der Waals surface area contributed by atoms with Gasteiger partial charge in [-0.1, -0.05) is 19.9 Å². The second kappa shape index (κ2) is 9.53. The fraction of sp³-hybridized carbons (Fsp3) is 0.185. The Morgan fingerprint density at radius 3 is 2.47 bits per heavy atom. The number of ether oxygens (including phenoxy) is 3. The third kappa shape index (κ3) is 4.63. The summed E-state index contributed by atoms with van der Waals surface area (Å²) in [6.07, 6.45) is 1.68. The fourth-order valence-corrected chi connectivity index (χ4v) is 3.80. The number of benzene rings is 3. The van der Waals surface area contributed by atoms with E-state index in [0.717, 1.165) is 11.3 Å². The number of rotatable bonds is 7. The first-order chi connectivity index (χ1) is 17.4. The van der Waals surface area contributed by atoms with E-state index in [1.54, 1.807) is 18.2 Å². The second-order valence-electron chi connectivity index (χ2n) is 8.72. The molecule has 36 heavy (non-hydrogen) atoms. The van der Waals surface area contributed by atoms with Crippen LogP contribution in [0.2, 0.25) is 0 Å². The van der Waals surface area contributed by atoms with Crippen molar-refractivity contribution >= 4 is 29.2 Å². The maximum atomic E-state index is 13.5. The van der Waals surface area contributed by atoms with Gasteiger partial charge in [-0.3, -0.25) is 19.8 Å². The van der Waals surface area contributed by atoms with Crippen molar-refractivity contribution in [2.24, 2.45) is 10.9 Å². The van der Waals surface area contributed by atoms with Gasteiger partial charge in [0.05, 0.1) is 17.2 Å². The van der Waals surface area contributed by atoms with Crippen molar-refractivity contribution in [2.75, 3.05) is 18.3 Å². The summed E-state index contributed by atoms with van der Waals surface area (Å²) in [4.78, 5) is 30.3. The molecule has 1 amide bonds. The predicted molar refractivity (Wildman–Crippen MR) is 134 cm³/mol. The van der Waals surface area contributed by atoms with Crippen molar-refractivity contribution in [3.63, 3.8) is 0 Å². The molecule has 0 N–H and O–H groups in total. The van der Waals surface area contributed by atoms with Gasteiger partial charge in [0.15, 0.2) is 11.5 Å². The number of carbonyl (C=O) groups is 1. The molecule has 0 saturated carbocycles. The molecule has 0 spiro atoms. The van der Waals surface area contributed by atoms with Gasteiger partial charge in [-0.25, -0.2) is 4.99 Å². The normalized spacial score (nSPS) is 15.5. The van der Waals surface area contributed by atoms with Crippen molar-refractivity contribution in [2.45, 2.75) is 13.8 Å². The minimum Gasteiger partial charge on any atom is -0.493 e. The van der Waals surface area contributed by atoms with Gasteiger partial charge in [0.2, 0.25) is 6.79 Å². The average Bonchev–Trinajstić information content (AvgIpc) is 3.47. The molecule has 0 radical (unpaired) electrons. The molecule has 0 aromatic heterocycles. The zero-order valence-electron chi connectivity index (χ0n) is 19.7. The number of nitrogens with zero attached hydrogens (tertiary/aromatic N) is 3. The van der Waals surface area contributed by atoms with Gasteiger partial charge in [-0.05, 0) is 66.1 Å². The maximum Gasteiger partial charge on any atom is 0.282 e. The van der Waals surface area contributed by atoms with Gasteiger partial charge in [-0.15, -0.1) is 0 Å². The number of amidine groups is 1. The minimum atomic E-state index is -0.481. The topological polar surface area (TPSA) is 104 Å². The Kier molecular flexibility index (Phi) is 6.12. The van der Waals surface area contributed by atoms with Crippen LogP contribution in [0.3, 0.4) is 0 Å². The molecule has 0 aliphatic carbocycles. The highest BCUT2D eigenvalue weighted by Gasteiger charge is 2.33. The Morgan fingerprint density at radius 2 is 1.78 bits per heavy atom. The van der Waals surface area contributed by atoms with Crippen molar-refractivity contribution < 1.29 is 23.9 Å². The number of non-ortho nitro benzene ring substituents is 1. The molecule has 0 unspecified atom stereocenters. The molecule has 5 rings (SSSR count). The first kappa shape index (κ1) is 23.1. The molecule has 0 bridgehead atoms. The van der Waals surface area contributed by atoms with E-state index in [9.17, 15) is 14.9 Å². The number of nitro groups is 1. The highest BCUT2D eigenvalue weighted by atomic mass is 16.7. The molecule has 3 aromatic carbocycles. The van der Waals surface area contributed by atoms with Crippen LogP contribution in [0.15, 0.2) is 77.4 Å². The summed E-state index contributed by atoms with van der Waals surface area (Å²) in [7, 11) is 0. The summed E-state index contributed by atoms with van der Waals surface area (Å²) in [5, 5.41) is 11.1. The zero-order valence-corrected chi connectivity index (χ0v) is 19.7. The van der Waals surface area contributed by atoms with Crippen molar-refractivity contribution in [1.29, 1.82) is 0 Å². The summed E-state index contributed by atoms with van der Waals surface area (Å²) in [6, 6.07) is 18.5. The average molecular weight is 485 g/mol. The molecular weight excluding hydrogens is 462 g/mol. The van der Waals surface area contributed by atoms with Crippen molar-refractivity contribution in [3.8, 4) is 17.2 Å². The predicted octanol–water partition coefficient (Wildman–Crippen LogP) is 5.19. The lowest BCUT2D eigenvalue weighted by molar-refractivity contribution is -0.384. The molecular formula is C27H23N3O6. The molecule has 0 atom stereocenters. The number of nitro benzene ring substituents is 1. The van der Waals surface area contributed by atoms with E-state index < -0.39 is 4.92 Å². The van der Waals surface area contributed by atoms with Crippen molar-refractivity contribution in [1.82, 2.24) is 0 Å². The van der Waals surface area contributed by atoms with Crippen LogP contribution in [-0.4, -0.2) is 30.1 Å². The van der Waals surface area contributed by atoms with E-state index in [1.807, 2.05) is 30.3 Å². The number of hydrogen-bond acceptors (Lipinski definition) is 7. The van der Waals surface area contributed by atoms with Gasteiger partial charge in [0, 0.05) is 17.7 Å². The van der Waals surface area contributed by atoms with Gasteiger partial charge in [0.25, 0.3) is 11.6 Å². The Bertz CT molecular complexity index is 1380. The van der Waals surface area contributed by atoms with Crippen LogP contribution in [-0.2, 0) is 4.79 Å². The number of amides is 1. The number of aliphatic imine (C=N–C) groups is 1. The lowest BCUT2D eigenvalue weighted by atomic mass is 10.1. The quantitative estimate of drug-likeness (QED) is 0.259. The Labute approximate surface area is 207 Å². The summed E-state index contributed by atoms with van der Waals surface area (Å²) < 4.78 is 16.6. The molecule has 0 fully saturated rings. The Morgan fingerprint density at radius 1 is 1.06 bits per heavy atom. The van der Waals surface area contributed by atoms with Crippen LogP contribution < -0.4 is 19.1 Å². The van der Waals surface area contributed by atoms with Gasteiger partial charge < -0.3 is 14.2 Å². The van der Waals surface area contributed by atoms with E-state index in [1.165, 1.54) is 29.2 Å². The summed E-state index contributed by atoms with van der Waals surface area (Å²) >= 11 is 0. The van der Waals surface area contributed by atoms with E-state index in [2.05, 4.69) is 18.8 Å². The van der Waals surface area contributed by atoms with Crippen LogP contribution in [0, 0.1) is 16.0 Å². The van der Waals surface area contributed by atoms with Crippen LogP contribution >= 0.6 is 0 Å². The number of hydrogen-bond donors (Lipinski definition) is 0. The third-order valence-electron chi connectivity index (χ3n) is 5.57. The summed E-state index contributed by atoms with van der Waals surface area (Å²) in [5.41, 5.74) is 2.06. The lowest BCUT2D eigenvalue weighted by Crippen LogP contribution is -2.32. The number of carbonyl (C=O) groups excluding carboxylic acids is 1. The van der Waals surface area contributed by atoms with Gasteiger partial charge in [-0.2, -0.15) is 0 Å². The maximum absolute atomic E-state index is 13.5. The second-order valence-corrected chi connectivity index (χ2v) is 8.72. The molecule has 9 nitrogen and oxygen atoms in total. The van der Waals surface area contributed by atoms with Crippen LogP contribution in [0.4, 0.5) is 11.4 Å². The van der Waals surface area contributed by atoms with E-state index >= 15 is 0 Å². The smallest absolute Gasteiger partial charge is 0.282 e. The third-order valence-corrected chi connectivity index (χ3v) is 5.57. The van der Waals surface area contributed by atoms with Crippen LogP contribution in [0.5, 0.6) is 17.2 Å². The SMILES string of the molecule is CC(C)COc1ccc(C2=N/C(=C/c3ccc4c(c3)OCO4)C(=O)N2c2ccc([N+](=O)[O-])cc2)cc1. The minimum absolute atomic E-state index is 0.0633. The summed E-state index contributed by atoms with van der Waals surface area (Å²) in [6.45, 7) is 4.89. The molecule has 9 heteroatoms. The van der Waals surface area contributed by atoms with E-state index in [4.69, 9.17) is 14.2 Å². The van der Waals surface area contributed by atoms with Crippen LogP contribution in [0.25, 0.3) is 6.08 Å². The Balaban J connectivity index is 1.52.